The lowest BCUT2D eigenvalue weighted by atomic mass is 10.0. The standard InChI is InChI=1S/C15H24N2O/c1-3-15-11-17(6-7-18-15)10-14-5-4-13(9-16)8-12(14)2/h4-5,8,15H,3,6-7,9-11,16H2,1-2H3. The van der Waals surface area contributed by atoms with Crippen molar-refractivity contribution in [3.63, 3.8) is 0 Å². The van der Waals surface area contributed by atoms with Gasteiger partial charge in [-0.1, -0.05) is 25.1 Å². The summed E-state index contributed by atoms with van der Waals surface area (Å²) < 4.78 is 5.70. The number of hydrogen-bond donors (Lipinski definition) is 1. The molecule has 1 fully saturated rings. The minimum absolute atomic E-state index is 0.405. The molecule has 1 unspecified atom stereocenters. The third-order valence-corrected chi connectivity index (χ3v) is 3.71. The van der Waals surface area contributed by atoms with E-state index in [1.54, 1.807) is 0 Å². The summed E-state index contributed by atoms with van der Waals surface area (Å²) in [5.41, 5.74) is 9.63. The highest BCUT2D eigenvalue weighted by Gasteiger charge is 2.19. The lowest BCUT2D eigenvalue weighted by Crippen LogP contribution is -2.41. The maximum Gasteiger partial charge on any atom is 0.0700 e. The van der Waals surface area contributed by atoms with E-state index in [4.69, 9.17) is 10.5 Å². The molecule has 1 heterocycles. The van der Waals surface area contributed by atoms with Gasteiger partial charge in [0.05, 0.1) is 12.7 Å². The Morgan fingerprint density at radius 2 is 2.28 bits per heavy atom. The van der Waals surface area contributed by atoms with Gasteiger partial charge in [0.1, 0.15) is 0 Å². The van der Waals surface area contributed by atoms with Crippen LogP contribution in [0.1, 0.15) is 30.0 Å². The number of rotatable bonds is 4. The molecule has 3 nitrogen and oxygen atoms in total. The van der Waals surface area contributed by atoms with Crippen LogP contribution in [0.3, 0.4) is 0 Å². The van der Waals surface area contributed by atoms with Crippen LogP contribution in [0.4, 0.5) is 0 Å². The molecule has 2 rings (SSSR count). The largest absolute Gasteiger partial charge is 0.376 e. The zero-order chi connectivity index (χ0) is 13.0. The minimum atomic E-state index is 0.405. The van der Waals surface area contributed by atoms with Crippen molar-refractivity contribution in [1.82, 2.24) is 4.90 Å². The number of ether oxygens (including phenoxy) is 1. The maximum atomic E-state index is 5.70. The van der Waals surface area contributed by atoms with Crippen LogP contribution in [-0.2, 0) is 17.8 Å². The van der Waals surface area contributed by atoms with Crippen LogP contribution in [0.5, 0.6) is 0 Å². The van der Waals surface area contributed by atoms with Crippen molar-refractivity contribution in [2.24, 2.45) is 5.73 Å². The molecule has 0 spiro atoms. The minimum Gasteiger partial charge on any atom is -0.376 e. The predicted molar refractivity (Wildman–Crippen MR) is 74.4 cm³/mol. The molecule has 1 atom stereocenters. The van der Waals surface area contributed by atoms with Gasteiger partial charge in [0.2, 0.25) is 0 Å². The number of nitrogens with two attached hydrogens (primary N) is 1. The average Bonchev–Trinajstić information content (AvgIpc) is 2.41. The van der Waals surface area contributed by atoms with Gasteiger partial charge in [-0.2, -0.15) is 0 Å². The van der Waals surface area contributed by atoms with Crippen molar-refractivity contribution in [1.29, 1.82) is 0 Å². The second-order valence-electron chi connectivity index (χ2n) is 5.10. The quantitative estimate of drug-likeness (QED) is 0.886. The second-order valence-corrected chi connectivity index (χ2v) is 5.10. The fourth-order valence-corrected chi connectivity index (χ4v) is 2.47. The first kappa shape index (κ1) is 13.5. The first-order valence-electron chi connectivity index (χ1n) is 6.85. The van der Waals surface area contributed by atoms with E-state index in [9.17, 15) is 0 Å². The van der Waals surface area contributed by atoms with E-state index in [1.165, 1.54) is 16.7 Å². The molecule has 1 aromatic rings. The molecule has 0 saturated carbocycles. The highest BCUT2D eigenvalue weighted by molar-refractivity contribution is 5.31. The van der Waals surface area contributed by atoms with Crippen molar-refractivity contribution in [3.8, 4) is 0 Å². The van der Waals surface area contributed by atoms with Gasteiger partial charge in [0.15, 0.2) is 0 Å². The van der Waals surface area contributed by atoms with Crippen molar-refractivity contribution < 1.29 is 4.74 Å². The molecule has 0 amide bonds. The smallest absolute Gasteiger partial charge is 0.0700 e. The topological polar surface area (TPSA) is 38.5 Å². The van der Waals surface area contributed by atoms with Gasteiger partial charge < -0.3 is 10.5 Å². The van der Waals surface area contributed by atoms with Gasteiger partial charge >= 0.3 is 0 Å². The van der Waals surface area contributed by atoms with E-state index < -0.39 is 0 Å². The Balaban J connectivity index is 2.00. The molecular formula is C15H24N2O. The molecule has 1 aliphatic rings. The second kappa shape index (κ2) is 6.32. The summed E-state index contributed by atoms with van der Waals surface area (Å²) in [6, 6.07) is 6.56. The average molecular weight is 248 g/mol. The molecule has 0 bridgehead atoms. The van der Waals surface area contributed by atoms with Gasteiger partial charge in [-0.05, 0) is 30.0 Å². The predicted octanol–water partition coefficient (Wildman–Crippen LogP) is 2.06. The first-order valence-corrected chi connectivity index (χ1v) is 6.85. The monoisotopic (exact) mass is 248 g/mol. The van der Waals surface area contributed by atoms with Gasteiger partial charge in [0.25, 0.3) is 0 Å². The highest BCUT2D eigenvalue weighted by Crippen LogP contribution is 2.16. The number of benzene rings is 1. The molecule has 1 aromatic carbocycles. The van der Waals surface area contributed by atoms with Crippen LogP contribution in [-0.4, -0.2) is 30.7 Å². The summed E-state index contributed by atoms with van der Waals surface area (Å²) >= 11 is 0. The summed E-state index contributed by atoms with van der Waals surface area (Å²) in [5, 5.41) is 0. The van der Waals surface area contributed by atoms with Crippen LogP contribution < -0.4 is 5.73 Å². The first-order chi connectivity index (χ1) is 8.72. The Bertz CT molecular complexity index is 392. The lowest BCUT2D eigenvalue weighted by molar-refractivity contribution is -0.0325. The molecule has 0 radical (unpaired) electrons. The van der Waals surface area contributed by atoms with Gasteiger partial charge in [-0.15, -0.1) is 0 Å². The maximum absolute atomic E-state index is 5.70. The summed E-state index contributed by atoms with van der Waals surface area (Å²) in [5.74, 6) is 0. The molecule has 2 N–H and O–H groups in total. The summed E-state index contributed by atoms with van der Waals surface area (Å²) in [4.78, 5) is 2.49. The molecular weight excluding hydrogens is 224 g/mol. The van der Waals surface area contributed by atoms with Crippen LogP contribution in [0.2, 0.25) is 0 Å². The molecule has 1 aliphatic heterocycles. The van der Waals surface area contributed by atoms with E-state index in [1.807, 2.05) is 0 Å². The SMILES string of the molecule is CCC1CN(Cc2ccc(CN)cc2C)CCO1. The molecule has 0 aromatic heterocycles. The Hall–Kier alpha value is -0.900. The van der Waals surface area contributed by atoms with Crippen LogP contribution >= 0.6 is 0 Å². The van der Waals surface area contributed by atoms with E-state index >= 15 is 0 Å². The van der Waals surface area contributed by atoms with Crippen LogP contribution in [0, 0.1) is 6.92 Å². The van der Waals surface area contributed by atoms with Crippen molar-refractivity contribution >= 4 is 0 Å². The Morgan fingerprint density at radius 1 is 1.44 bits per heavy atom. The van der Waals surface area contributed by atoms with Gasteiger partial charge in [0, 0.05) is 26.2 Å². The summed E-state index contributed by atoms with van der Waals surface area (Å²) in [7, 11) is 0. The van der Waals surface area contributed by atoms with Crippen LogP contribution in [0.15, 0.2) is 18.2 Å². The lowest BCUT2D eigenvalue weighted by Gasteiger charge is -2.32. The fourth-order valence-electron chi connectivity index (χ4n) is 2.47. The van der Waals surface area contributed by atoms with E-state index in [0.29, 0.717) is 12.6 Å². The van der Waals surface area contributed by atoms with Gasteiger partial charge in [-0.25, -0.2) is 0 Å². The molecule has 1 saturated heterocycles. The summed E-state index contributed by atoms with van der Waals surface area (Å²) in [6.45, 7) is 8.95. The zero-order valence-corrected chi connectivity index (χ0v) is 11.5. The number of morpholine rings is 1. The summed E-state index contributed by atoms with van der Waals surface area (Å²) in [6.07, 6.45) is 1.50. The van der Waals surface area contributed by atoms with Crippen molar-refractivity contribution in [3.05, 3.63) is 34.9 Å². The third-order valence-electron chi connectivity index (χ3n) is 3.71. The number of nitrogens with zero attached hydrogens (tertiary/aromatic N) is 1. The van der Waals surface area contributed by atoms with E-state index in [2.05, 4.69) is 36.9 Å². The van der Waals surface area contributed by atoms with Crippen molar-refractivity contribution in [2.75, 3.05) is 19.7 Å². The van der Waals surface area contributed by atoms with Crippen LogP contribution in [0.25, 0.3) is 0 Å². The number of hydrogen-bond acceptors (Lipinski definition) is 3. The van der Waals surface area contributed by atoms with E-state index in [0.717, 1.165) is 32.7 Å². The van der Waals surface area contributed by atoms with Gasteiger partial charge in [-0.3, -0.25) is 4.90 Å². The van der Waals surface area contributed by atoms with E-state index in [-0.39, 0.29) is 0 Å². The third kappa shape index (κ3) is 3.31. The zero-order valence-electron chi connectivity index (χ0n) is 11.5. The molecule has 3 heteroatoms. The Kier molecular flexibility index (Phi) is 4.75. The Morgan fingerprint density at radius 3 is 2.94 bits per heavy atom. The molecule has 18 heavy (non-hydrogen) atoms. The highest BCUT2D eigenvalue weighted by atomic mass is 16.5. The number of aryl methyl sites for hydroxylation is 1. The normalized spacial score (nSPS) is 21.2. The fraction of sp³-hybridized carbons (Fsp3) is 0.600. The van der Waals surface area contributed by atoms with Crippen molar-refractivity contribution in [2.45, 2.75) is 39.5 Å². The Labute approximate surface area is 110 Å². The molecule has 100 valence electrons. The molecule has 0 aliphatic carbocycles.